The summed E-state index contributed by atoms with van der Waals surface area (Å²) in [6, 6.07) is 7.58. The van der Waals surface area contributed by atoms with E-state index in [9.17, 15) is 4.79 Å². The molecule has 1 rings (SSSR count). The van der Waals surface area contributed by atoms with Crippen LogP contribution in [0.1, 0.15) is 39.5 Å². The molecule has 0 fully saturated rings. The minimum atomic E-state index is 0.111. The van der Waals surface area contributed by atoms with Gasteiger partial charge in [-0.05, 0) is 36.6 Å². The molecule has 0 radical (unpaired) electrons. The number of hydrogen-bond acceptors (Lipinski definition) is 2. The third-order valence-electron chi connectivity index (χ3n) is 3.31. The maximum Gasteiger partial charge on any atom is 0.230 e. The second kappa shape index (κ2) is 10.1. The number of thioether (sulfide) groups is 1. The third kappa shape index (κ3) is 7.20. The lowest BCUT2D eigenvalue weighted by Crippen LogP contribution is -2.30. The Morgan fingerprint density at radius 1 is 1.30 bits per heavy atom. The fourth-order valence-electron chi connectivity index (χ4n) is 1.93. The molecule has 0 saturated heterocycles. The summed E-state index contributed by atoms with van der Waals surface area (Å²) in [7, 11) is 0. The first-order valence-electron chi connectivity index (χ1n) is 7.30. The monoisotopic (exact) mass is 313 g/mol. The number of unbranched alkanes of at least 4 members (excludes halogenated alkanes) is 1. The van der Waals surface area contributed by atoms with Gasteiger partial charge in [-0.3, -0.25) is 4.79 Å². The quantitative estimate of drug-likeness (QED) is 0.666. The summed E-state index contributed by atoms with van der Waals surface area (Å²) in [4.78, 5) is 12.9. The smallest absolute Gasteiger partial charge is 0.230 e. The molecule has 0 heterocycles. The molecule has 1 atom stereocenters. The Balaban J connectivity index is 2.24. The van der Waals surface area contributed by atoms with Gasteiger partial charge in [0.15, 0.2) is 0 Å². The molecule has 1 N–H and O–H groups in total. The fourth-order valence-corrected chi connectivity index (χ4v) is 2.79. The average Bonchev–Trinajstić information content (AvgIpc) is 2.47. The molecule has 0 unspecified atom stereocenters. The van der Waals surface area contributed by atoms with Crippen molar-refractivity contribution in [3.8, 4) is 0 Å². The summed E-state index contributed by atoms with van der Waals surface area (Å²) in [5.41, 5.74) is 0. The molecule has 112 valence electrons. The molecular formula is C16H24ClNOS. The molecule has 4 heteroatoms. The van der Waals surface area contributed by atoms with Gasteiger partial charge < -0.3 is 5.32 Å². The average molecular weight is 314 g/mol. The van der Waals surface area contributed by atoms with Gasteiger partial charge >= 0.3 is 0 Å². The Bertz CT molecular complexity index is 394. The molecule has 2 nitrogen and oxygen atoms in total. The van der Waals surface area contributed by atoms with Crippen LogP contribution in [0.2, 0.25) is 5.02 Å². The zero-order chi connectivity index (χ0) is 14.8. The summed E-state index contributed by atoms with van der Waals surface area (Å²) >= 11 is 7.37. The zero-order valence-electron chi connectivity index (χ0n) is 12.3. The van der Waals surface area contributed by atoms with Crippen LogP contribution in [0.5, 0.6) is 0 Å². The van der Waals surface area contributed by atoms with Crippen LogP contribution >= 0.6 is 23.4 Å². The first-order chi connectivity index (χ1) is 9.65. The van der Waals surface area contributed by atoms with Gasteiger partial charge in [-0.25, -0.2) is 0 Å². The number of halogens is 1. The number of hydrogen-bond donors (Lipinski definition) is 1. The number of carbonyl (C=O) groups is 1. The predicted molar refractivity (Wildman–Crippen MR) is 88.5 cm³/mol. The van der Waals surface area contributed by atoms with Gasteiger partial charge in [0.1, 0.15) is 0 Å². The fraction of sp³-hybridized carbons (Fsp3) is 0.562. The van der Waals surface area contributed by atoms with E-state index in [0.29, 0.717) is 11.7 Å². The molecule has 0 aliphatic rings. The Morgan fingerprint density at radius 3 is 2.60 bits per heavy atom. The molecule has 0 aliphatic heterocycles. The zero-order valence-corrected chi connectivity index (χ0v) is 13.9. The summed E-state index contributed by atoms with van der Waals surface area (Å²) in [5, 5.41) is 3.76. The van der Waals surface area contributed by atoms with Crippen molar-refractivity contribution >= 4 is 29.3 Å². The summed E-state index contributed by atoms with van der Waals surface area (Å²) in [6.07, 6.45) is 4.80. The van der Waals surface area contributed by atoms with E-state index in [1.165, 1.54) is 19.3 Å². The minimum Gasteiger partial charge on any atom is -0.355 e. The maximum atomic E-state index is 11.8. The van der Waals surface area contributed by atoms with E-state index in [1.54, 1.807) is 11.8 Å². The van der Waals surface area contributed by atoms with Gasteiger partial charge in [0, 0.05) is 16.5 Å². The Labute approximate surface area is 131 Å². The Morgan fingerprint density at radius 2 is 2.00 bits per heavy atom. The van der Waals surface area contributed by atoms with Crippen molar-refractivity contribution in [1.82, 2.24) is 5.32 Å². The van der Waals surface area contributed by atoms with E-state index < -0.39 is 0 Å². The topological polar surface area (TPSA) is 29.1 Å². The van der Waals surface area contributed by atoms with Crippen LogP contribution in [-0.4, -0.2) is 18.2 Å². The molecule has 0 bridgehead atoms. The lowest BCUT2D eigenvalue weighted by molar-refractivity contribution is -0.118. The van der Waals surface area contributed by atoms with Crippen molar-refractivity contribution < 1.29 is 4.79 Å². The van der Waals surface area contributed by atoms with Crippen molar-refractivity contribution in [2.45, 2.75) is 44.4 Å². The normalized spacial score (nSPS) is 12.2. The molecule has 0 aromatic heterocycles. The second-order valence-corrected chi connectivity index (χ2v) is 6.45. The van der Waals surface area contributed by atoms with Crippen LogP contribution < -0.4 is 5.32 Å². The molecule has 0 aliphatic carbocycles. The highest BCUT2D eigenvalue weighted by atomic mass is 35.5. The van der Waals surface area contributed by atoms with Crippen LogP contribution in [0.25, 0.3) is 0 Å². The summed E-state index contributed by atoms with van der Waals surface area (Å²) < 4.78 is 0. The SMILES string of the molecule is CCCC[C@@H](CC)CNC(=O)CSc1ccc(Cl)cc1. The second-order valence-electron chi connectivity index (χ2n) is 4.96. The van der Waals surface area contributed by atoms with E-state index in [1.807, 2.05) is 24.3 Å². The standard InChI is InChI=1S/C16H24ClNOS/c1-3-5-6-13(4-2)11-18-16(19)12-20-15-9-7-14(17)8-10-15/h7-10,13H,3-6,11-12H2,1-2H3,(H,18,19)/t13-/m1/s1. The molecule has 1 amide bonds. The Kier molecular flexibility index (Phi) is 8.79. The first kappa shape index (κ1) is 17.4. The van der Waals surface area contributed by atoms with E-state index in [0.717, 1.165) is 22.9 Å². The van der Waals surface area contributed by atoms with E-state index >= 15 is 0 Å². The van der Waals surface area contributed by atoms with Gasteiger partial charge in [0.05, 0.1) is 5.75 Å². The maximum absolute atomic E-state index is 11.8. The predicted octanol–water partition coefficient (Wildman–Crippen LogP) is 4.76. The lowest BCUT2D eigenvalue weighted by Gasteiger charge is -2.15. The van der Waals surface area contributed by atoms with Gasteiger partial charge in [0.2, 0.25) is 5.91 Å². The van der Waals surface area contributed by atoms with Crippen LogP contribution in [0, 0.1) is 5.92 Å². The van der Waals surface area contributed by atoms with Crippen LogP contribution in [-0.2, 0) is 4.79 Å². The molecule has 0 spiro atoms. The highest BCUT2D eigenvalue weighted by molar-refractivity contribution is 8.00. The van der Waals surface area contributed by atoms with Gasteiger partial charge in [-0.15, -0.1) is 11.8 Å². The number of benzene rings is 1. The first-order valence-corrected chi connectivity index (χ1v) is 8.67. The largest absolute Gasteiger partial charge is 0.355 e. The molecule has 20 heavy (non-hydrogen) atoms. The third-order valence-corrected chi connectivity index (χ3v) is 4.58. The van der Waals surface area contributed by atoms with E-state index in [4.69, 9.17) is 11.6 Å². The van der Waals surface area contributed by atoms with Crippen molar-refractivity contribution in [3.63, 3.8) is 0 Å². The van der Waals surface area contributed by atoms with Gasteiger partial charge in [0.25, 0.3) is 0 Å². The van der Waals surface area contributed by atoms with Crippen LogP contribution in [0.15, 0.2) is 29.2 Å². The van der Waals surface area contributed by atoms with Crippen molar-refractivity contribution in [2.24, 2.45) is 5.92 Å². The highest BCUT2D eigenvalue weighted by Crippen LogP contribution is 2.20. The summed E-state index contributed by atoms with van der Waals surface area (Å²) in [6.45, 7) is 5.19. The molecular weight excluding hydrogens is 290 g/mol. The minimum absolute atomic E-state index is 0.111. The van der Waals surface area contributed by atoms with Crippen LogP contribution in [0.3, 0.4) is 0 Å². The van der Waals surface area contributed by atoms with Gasteiger partial charge in [-0.2, -0.15) is 0 Å². The summed E-state index contributed by atoms with van der Waals surface area (Å²) in [5.74, 6) is 1.19. The highest BCUT2D eigenvalue weighted by Gasteiger charge is 2.08. The van der Waals surface area contributed by atoms with Crippen molar-refractivity contribution in [2.75, 3.05) is 12.3 Å². The van der Waals surface area contributed by atoms with Gasteiger partial charge in [-0.1, -0.05) is 44.7 Å². The number of amides is 1. The van der Waals surface area contributed by atoms with Crippen molar-refractivity contribution in [1.29, 1.82) is 0 Å². The van der Waals surface area contributed by atoms with E-state index in [-0.39, 0.29) is 5.91 Å². The Hall–Kier alpha value is -0.670. The van der Waals surface area contributed by atoms with E-state index in [2.05, 4.69) is 19.2 Å². The molecule has 0 saturated carbocycles. The number of rotatable bonds is 9. The lowest BCUT2D eigenvalue weighted by atomic mass is 9.99. The molecule has 1 aromatic rings. The van der Waals surface area contributed by atoms with Crippen LogP contribution in [0.4, 0.5) is 0 Å². The molecule has 1 aromatic carbocycles. The van der Waals surface area contributed by atoms with Crippen molar-refractivity contribution in [3.05, 3.63) is 29.3 Å². The number of nitrogens with one attached hydrogen (secondary N) is 1. The number of carbonyl (C=O) groups excluding carboxylic acids is 1.